The maximum absolute atomic E-state index is 11.3. The number of hydrogen-bond acceptors (Lipinski definition) is 3. The van der Waals surface area contributed by atoms with Crippen LogP contribution in [0.3, 0.4) is 0 Å². The Morgan fingerprint density at radius 1 is 1.26 bits per heavy atom. The topological polar surface area (TPSA) is 35.5 Å². The zero-order chi connectivity index (χ0) is 13.7. The number of benzene rings is 1. The lowest BCUT2D eigenvalue weighted by Gasteiger charge is -2.21. The quantitative estimate of drug-likeness (QED) is 0.776. The van der Waals surface area contributed by atoms with E-state index in [1.807, 2.05) is 42.5 Å². The monoisotopic (exact) mass is 258 g/mol. The predicted molar refractivity (Wildman–Crippen MR) is 73.7 cm³/mol. The van der Waals surface area contributed by atoms with Crippen molar-refractivity contribution in [3.63, 3.8) is 0 Å². The maximum Gasteiger partial charge on any atom is 0.309 e. The molecule has 1 aliphatic rings. The summed E-state index contributed by atoms with van der Waals surface area (Å²) >= 11 is 0. The highest BCUT2D eigenvalue weighted by molar-refractivity contribution is 5.72. The molecule has 0 bridgehead atoms. The molecule has 0 fully saturated rings. The van der Waals surface area contributed by atoms with Crippen LogP contribution in [-0.2, 0) is 9.53 Å². The molecule has 1 atom stereocenters. The van der Waals surface area contributed by atoms with Crippen LogP contribution < -0.4 is 4.74 Å². The number of esters is 1. The van der Waals surface area contributed by atoms with Gasteiger partial charge >= 0.3 is 5.97 Å². The normalized spacial score (nSPS) is 18.3. The smallest absolute Gasteiger partial charge is 0.309 e. The van der Waals surface area contributed by atoms with Crippen LogP contribution >= 0.6 is 0 Å². The molecule has 3 heteroatoms. The Morgan fingerprint density at radius 2 is 2.00 bits per heavy atom. The van der Waals surface area contributed by atoms with Gasteiger partial charge in [0.15, 0.2) is 0 Å². The Morgan fingerprint density at radius 3 is 2.63 bits per heavy atom. The fourth-order valence-electron chi connectivity index (χ4n) is 2.05. The van der Waals surface area contributed by atoms with Gasteiger partial charge in [-0.25, -0.2) is 0 Å². The summed E-state index contributed by atoms with van der Waals surface area (Å²) in [6.07, 6.45) is 5.05. The summed E-state index contributed by atoms with van der Waals surface area (Å²) in [5, 5.41) is 0. The van der Waals surface area contributed by atoms with Crippen molar-refractivity contribution in [3.05, 3.63) is 53.8 Å². The van der Waals surface area contributed by atoms with Crippen LogP contribution in [0.2, 0.25) is 0 Å². The molecule has 1 unspecified atom stereocenters. The molecule has 1 aliphatic carbocycles. The second-order valence-electron chi connectivity index (χ2n) is 4.65. The third-order valence-corrected chi connectivity index (χ3v) is 3.19. The van der Waals surface area contributed by atoms with Crippen molar-refractivity contribution in [1.29, 1.82) is 0 Å². The third kappa shape index (κ3) is 3.71. The number of rotatable bonds is 4. The van der Waals surface area contributed by atoms with Gasteiger partial charge < -0.3 is 9.47 Å². The molecule has 1 aromatic rings. The van der Waals surface area contributed by atoms with Gasteiger partial charge in [-0.3, -0.25) is 4.79 Å². The van der Waals surface area contributed by atoms with Crippen molar-refractivity contribution in [2.75, 3.05) is 7.11 Å². The fraction of sp³-hybridized carbons (Fsp3) is 0.312. The maximum atomic E-state index is 11.3. The van der Waals surface area contributed by atoms with E-state index in [9.17, 15) is 4.79 Å². The van der Waals surface area contributed by atoms with E-state index in [0.29, 0.717) is 12.3 Å². The summed E-state index contributed by atoms with van der Waals surface area (Å²) in [5.74, 6) is 1.86. The summed E-state index contributed by atoms with van der Waals surface area (Å²) in [7, 11) is 1.41. The molecule has 0 radical (unpaired) electrons. The number of carbonyl (C=O) groups is 1. The molecule has 0 aliphatic heterocycles. The zero-order valence-electron chi connectivity index (χ0n) is 11.3. The van der Waals surface area contributed by atoms with Crippen LogP contribution in [0, 0.1) is 5.92 Å². The van der Waals surface area contributed by atoms with Crippen LogP contribution in [0.5, 0.6) is 5.75 Å². The van der Waals surface area contributed by atoms with Crippen molar-refractivity contribution < 1.29 is 14.3 Å². The van der Waals surface area contributed by atoms with E-state index in [0.717, 1.165) is 23.5 Å². The minimum atomic E-state index is -0.195. The number of carbonyl (C=O) groups excluding carboxylic acids is 1. The Balaban J connectivity index is 2.03. The lowest BCUT2D eigenvalue weighted by Crippen LogP contribution is -2.13. The van der Waals surface area contributed by atoms with E-state index >= 15 is 0 Å². The summed E-state index contributed by atoms with van der Waals surface area (Å²) in [5.41, 5.74) is 1.09. The Kier molecular flexibility index (Phi) is 4.39. The first-order chi connectivity index (χ1) is 9.19. The van der Waals surface area contributed by atoms with Crippen LogP contribution in [0.4, 0.5) is 0 Å². The fourth-order valence-corrected chi connectivity index (χ4v) is 2.05. The SMILES string of the molecule is COC(=O)CC1=CC=C(Oc2ccccc2)CC1C. The van der Waals surface area contributed by atoms with Crippen LogP contribution in [-0.4, -0.2) is 13.1 Å². The molecule has 19 heavy (non-hydrogen) atoms. The first-order valence-electron chi connectivity index (χ1n) is 6.38. The molecule has 0 aromatic heterocycles. The largest absolute Gasteiger partial charge is 0.469 e. The van der Waals surface area contributed by atoms with Gasteiger partial charge in [0.25, 0.3) is 0 Å². The standard InChI is InChI=1S/C16H18O3/c1-12-10-15(19-14-6-4-3-5-7-14)9-8-13(12)11-16(17)18-2/h3-9,12H,10-11H2,1-2H3. The van der Waals surface area contributed by atoms with Gasteiger partial charge in [0, 0.05) is 6.42 Å². The molecular weight excluding hydrogens is 240 g/mol. The van der Waals surface area contributed by atoms with Gasteiger partial charge in [-0.05, 0) is 24.1 Å². The Hall–Kier alpha value is -2.03. The van der Waals surface area contributed by atoms with Crippen molar-refractivity contribution in [2.24, 2.45) is 5.92 Å². The first-order valence-corrected chi connectivity index (χ1v) is 6.38. The number of hydrogen-bond donors (Lipinski definition) is 0. The number of allylic oxidation sites excluding steroid dienone is 3. The highest BCUT2D eigenvalue weighted by Crippen LogP contribution is 2.28. The van der Waals surface area contributed by atoms with E-state index in [-0.39, 0.29) is 5.97 Å². The zero-order valence-corrected chi connectivity index (χ0v) is 11.3. The van der Waals surface area contributed by atoms with Crippen LogP contribution in [0.15, 0.2) is 53.8 Å². The number of para-hydroxylation sites is 1. The molecular formula is C16H18O3. The molecule has 1 aromatic carbocycles. The first kappa shape index (κ1) is 13.4. The third-order valence-electron chi connectivity index (χ3n) is 3.19. The van der Waals surface area contributed by atoms with Crippen molar-refractivity contribution in [3.8, 4) is 5.75 Å². The Labute approximate surface area is 113 Å². The summed E-state index contributed by atoms with van der Waals surface area (Å²) < 4.78 is 10.5. The van der Waals surface area contributed by atoms with Crippen LogP contribution in [0.25, 0.3) is 0 Å². The second-order valence-corrected chi connectivity index (χ2v) is 4.65. The minimum Gasteiger partial charge on any atom is -0.469 e. The summed E-state index contributed by atoms with van der Waals surface area (Å²) in [6.45, 7) is 2.09. The van der Waals surface area contributed by atoms with E-state index in [4.69, 9.17) is 9.47 Å². The number of methoxy groups -OCH3 is 1. The van der Waals surface area contributed by atoms with E-state index < -0.39 is 0 Å². The van der Waals surface area contributed by atoms with Crippen LogP contribution in [0.1, 0.15) is 19.8 Å². The van der Waals surface area contributed by atoms with Gasteiger partial charge in [-0.1, -0.05) is 36.8 Å². The molecule has 0 amide bonds. The molecule has 100 valence electrons. The lowest BCUT2D eigenvalue weighted by molar-refractivity contribution is -0.139. The van der Waals surface area contributed by atoms with Gasteiger partial charge in [0.05, 0.1) is 13.5 Å². The van der Waals surface area contributed by atoms with E-state index in [2.05, 4.69) is 6.92 Å². The minimum absolute atomic E-state index is 0.195. The van der Waals surface area contributed by atoms with E-state index in [1.165, 1.54) is 7.11 Å². The summed E-state index contributed by atoms with van der Waals surface area (Å²) in [6, 6.07) is 9.71. The molecule has 0 saturated heterocycles. The molecule has 0 saturated carbocycles. The van der Waals surface area contributed by atoms with Gasteiger partial charge in [0.2, 0.25) is 0 Å². The molecule has 2 rings (SSSR count). The highest BCUT2D eigenvalue weighted by atomic mass is 16.5. The molecule has 0 heterocycles. The van der Waals surface area contributed by atoms with Crippen molar-refractivity contribution >= 4 is 5.97 Å². The number of ether oxygens (including phenoxy) is 2. The predicted octanol–water partition coefficient (Wildman–Crippen LogP) is 3.48. The molecule has 0 N–H and O–H groups in total. The molecule has 0 spiro atoms. The second kappa shape index (κ2) is 6.23. The van der Waals surface area contributed by atoms with Gasteiger partial charge in [-0.2, -0.15) is 0 Å². The Bertz CT molecular complexity index is 500. The van der Waals surface area contributed by atoms with Gasteiger partial charge in [-0.15, -0.1) is 0 Å². The van der Waals surface area contributed by atoms with Gasteiger partial charge in [0.1, 0.15) is 11.5 Å². The van der Waals surface area contributed by atoms with Crippen molar-refractivity contribution in [1.82, 2.24) is 0 Å². The van der Waals surface area contributed by atoms with Crippen molar-refractivity contribution in [2.45, 2.75) is 19.8 Å². The average molecular weight is 258 g/mol. The van der Waals surface area contributed by atoms with E-state index in [1.54, 1.807) is 0 Å². The lowest BCUT2D eigenvalue weighted by atomic mass is 9.90. The molecule has 3 nitrogen and oxygen atoms in total. The summed E-state index contributed by atoms with van der Waals surface area (Å²) in [4.78, 5) is 11.3. The highest BCUT2D eigenvalue weighted by Gasteiger charge is 2.18. The average Bonchev–Trinajstić information content (AvgIpc) is 2.43.